The van der Waals surface area contributed by atoms with Gasteiger partial charge in [-0.3, -0.25) is 0 Å². The highest BCUT2D eigenvalue weighted by Gasteiger charge is 2.32. The molecule has 9 aromatic carbocycles. The van der Waals surface area contributed by atoms with Crippen molar-refractivity contribution in [2.24, 2.45) is 0 Å². The fourth-order valence-electron chi connectivity index (χ4n) is 8.11. The maximum Gasteiger partial charge on any atom is 0.204 e. The summed E-state index contributed by atoms with van der Waals surface area (Å²) in [5.74, 6) is -7.43. The van der Waals surface area contributed by atoms with Crippen LogP contribution in [0.1, 0.15) is 0 Å². The Morgan fingerprint density at radius 3 is 1.42 bits per heavy atom. The van der Waals surface area contributed by atoms with Gasteiger partial charge in [-0.15, -0.1) is 0 Å². The standard InChI is InChI=1S/C46H28O9/c47-39-35-33(22-7-2-1-3-8-22)36-38(42(50)46(54)44(52)40(36)48)34(37(35)41(49)45(53)43(39)51)26-14-17-31-30(19-26)29-16-13-24(20-32(29)55-31)23-12-15-28-25(18-23)11-10-21-6-4-5-9-27(21)28/h1-20,47-54H. The van der Waals surface area contributed by atoms with Gasteiger partial charge in [0.15, 0.2) is 23.0 Å². The number of furan rings is 1. The number of phenolic OH excluding ortho intramolecular Hbond substituents is 8. The van der Waals surface area contributed by atoms with Crippen LogP contribution in [0.4, 0.5) is 0 Å². The summed E-state index contributed by atoms with van der Waals surface area (Å²) >= 11 is 0. The average Bonchev–Trinajstić information content (AvgIpc) is 3.59. The average molecular weight is 725 g/mol. The summed E-state index contributed by atoms with van der Waals surface area (Å²) in [7, 11) is 0. The molecule has 0 aliphatic heterocycles. The molecule has 1 aromatic heterocycles. The summed E-state index contributed by atoms with van der Waals surface area (Å²) < 4.78 is 6.33. The van der Waals surface area contributed by atoms with Crippen molar-refractivity contribution in [1.82, 2.24) is 0 Å². The molecule has 9 nitrogen and oxygen atoms in total. The predicted molar refractivity (Wildman–Crippen MR) is 213 cm³/mol. The van der Waals surface area contributed by atoms with Crippen LogP contribution in [0, 0.1) is 0 Å². The Hall–Kier alpha value is -7.78. The van der Waals surface area contributed by atoms with Gasteiger partial charge in [0.1, 0.15) is 11.2 Å². The van der Waals surface area contributed by atoms with Crippen LogP contribution in [0.5, 0.6) is 46.0 Å². The Morgan fingerprint density at radius 2 is 0.782 bits per heavy atom. The highest BCUT2D eigenvalue weighted by atomic mass is 16.4. The van der Waals surface area contributed by atoms with Crippen LogP contribution in [0.15, 0.2) is 126 Å². The number of hydrogen-bond acceptors (Lipinski definition) is 9. The van der Waals surface area contributed by atoms with Crippen LogP contribution in [-0.4, -0.2) is 40.9 Å². The predicted octanol–water partition coefficient (Wildman–Crippen LogP) is 10.8. The molecular weight excluding hydrogens is 696 g/mol. The molecule has 266 valence electrons. The zero-order chi connectivity index (χ0) is 37.9. The molecule has 0 bridgehead atoms. The monoisotopic (exact) mass is 724 g/mol. The summed E-state index contributed by atoms with van der Waals surface area (Å²) in [5, 5.41) is 94.3. The van der Waals surface area contributed by atoms with E-state index in [2.05, 4.69) is 42.5 Å². The molecule has 0 unspecified atom stereocenters. The summed E-state index contributed by atoms with van der Waals surface area (Å²) in [6, 6.07) is 38.0. The van der Waals surface area contributed by atoms with Crippen molar-refractivity contribution in [1.29, 1.82) is 0 Å². The molecule has 10 rings (SSSR count). The Kier molecular flexibility index (Phi) is 6.59. The molecule has 0 saturated carbocycles. The molecule has 8 N–H and O–H groups in total. The minimum Gasteiger partial charge on any atom is -0.504 e. The Labute approximate surface area is 310 Å². The van der Waals surface area contributed by atoms with E-state index in [4.69, 9.17) is 4.42 Å². The SMILES string of the molecule is Oc1c(O)c(O)c2c(-c3ccc4oc5cc(-c6ccc7c(ccc8ccccc87)c6)ccc5c4c3)c3c(O)c(O)c(O)c(O)c3c(-c3ccccc3)c2c1O. The second kappa shape index (κ2) is 11.4. The lowest BCUT2D eigenvalue weighted by molar-refractivity contribution is 0.350. The largest absolute Gasteiger partial charge is 0.504 e. The van der Waals surface area contributed by atoms with Crippen LogP contribution in [0.2, 0.25) is 0 Å². The summed E-state index contributed by atoms with van der Waals surface area (Å²) in [5.41, 5.74) is 3.63. The normalized spacial score (nSPS) is 11.9. The molecule has 1 heterocycles. The first kappa shape index (κ1) is 31.9. The van der Waals surface area contributed by atoms with E-state index in [1.807, 2.05) is 30.3 Å². The first-order valence-electron chi connectivity index (χ1n) is 17.3. The van der Waals surface area contributed by atoms with Crippen LogP contribution in [0.25, 0.3) is 98.4 Å². The van der Waals surface area contributed by atoms with Crippen molar-refractivity contribution >= 4 is 65.0 Å². The third-order valence-electron chi connectivity index (χ3n) is 10.7. The van der Waals surface area contributed by atoms with Gasteiger partial charge >= 0.3 is 0 Å². The summed E-state index contributed by atoms with van der Waals surface area (Å²) in [4.78, 5) is 0. The number of fused-ring (bicyclic) bond motifs is 8. The van der Waals surface area contributed by atoms with E-state index in [-0.39, 0.29) is 32.7 Å². The quantitative estimate of drug-likeness (QED) is 0.0381. The number of phenols is 8. The van der Waals surface area contributed by atoms with Crippen LogP contribution in [0.3, 0.4) is 0 Å². The number of aromatic hydroxyl groups is 8. The molecule has 0 saturated heterocycles. The van der Waals surface area contributed by atoms with E-state index >= 15 is 0 Å². The smallest absolute Gasteiger partial charge is 0.204 e. The van der Waals surface area contributed by atoms with Crippen LogP contribution >= 0.6 is 0 Å². The number of rotatable bonds is 3. The van der Waals surface area contributed by atoms with E-state index in [1.165, 1.54) is 10.8 Å². The molecule has 0 atom stereocenters. The van der Waals surface area contributed by atoms with Crippen LogP contribution in [-0.2, 0) is 0 Å². The molecule has 0 aliphatic rings. The van der Waals surface area contributed by atoms with Gasteiger partial charge in [-0.25, -0.2) is 0 Å². The van der Waals surface area contributed by atoms with Gasteiger partial charge in [0.2, 0.25) is 23.0 Å². The first-order valence-corrected chi connectivity index (χ1v) is 17.3. The number of benzene rings is 9. The Morgan fingerprint density at radius 1 is 0.291 bits per heavy atom. The zero-order valence-corrected chi connectivity index (χ0v) is 28.5. The highest BCUT2D eigenvalue weighted by molar-refractivity contribution is 6.29. The van der Waals surface area contributed by atoms with Gasteiger partial charge in [0.25, 0.3) is 0 Å². The minimum absolute atomic E-state index is 0.00945. The van der Waals surface area contributed by atoms with E-state index in [9.17, 15) is 40.9 Å². The molecular formula is C46H28O9. The third kappa shape index (κ3) is 4.41. The first-order chi connectivity index (χ1) is 26.6. The second-order valence-corrected chi connectivity index (χ2v) is 13.7. The van der Waals surface area contributed by atoms with E-state index in [1.54, 1.807) is 48.5 Å². The Balaban J connectivity index is 1.24. The molecule has 0 amide bonds. The van der Waals surface area contributed by atoms with Crippen molar-refractivity contribution in [3.05, 3.63) is 121 Å². The highest BCUT2D eigenvalue weighted by Crippen LogP contribution is 2.62. The molecule has 0 aliphatic carbocycles. The number of hydrogen-bond donors (Lipinski definition) is 8. The molecule has 0 spiro atoms. The summed E-state index contributed by atoms with van der Waals surface area (Å²) in [6.07, 6.45) is 0. The topological polar surface area (TPSA) is 175 Å². The Bertz CT molecular complexity index is 3210. The van der Waals surface area contributed by atoms with Gasteiger partial charge in [0, 0.05) is 43.4 Å². The molecule has 10 aromatic rings. The maximum atomic E-state index is 11.5. The van der Waals surface area contributed by atoms with Crippen molar-refractivity contribution in [3.63, 3.8) is 0 Å². The lowest BCUT2D eigenvalue weighted by Crippen LogP contribution is -1.94. The second-order valence-electron chi connectivity index (χ2n) is 13.7. The van der Waals surface area contributed by atoms with E-state index in [0.29, 0.717) is 27.7 Å². The lowest BCUT2D eigenvalue weighted by atomic mass is 9.83. The van der Waals surface area contributed by atoms with Gasteiger partial charge in [-0.05, 0) is 74.1 Å². The fraction of sp³-hybridized carbons (Fsp3) is 0. The van der Waals surface area contributed by atoms with Crippen molar-refractivity contribution in [2.75, 3.05) is 0 Å². The molecule has 0 fully saturated rings. The van der Waals surface area contributed by atoms with Gasteiger partial charge in [0.05, 0.1) is 0 Å². The van der Waals surface area contributed by atoms with Gasteiger partial charge in [-0.1, -0.05) is 91.0 Å². The van der Waals surface area contributed by atoms with Gasteiger partial charge in [-0.2, -0.15) is 0 Å². The summed E-state index contributed by atoms with van der Waals surface area (Å²) in [6.45, 7) is 0. The minimum atomic E-state index is -1.03. The maximum absolute atomic E-state index is 11.5. The fourth-order valence-corrected chi connectivity index (χ4v) is 8.11. The molecule has 9 heteroatoms. The van der Waals surface area contributed by atoms with E-state index in [0.717, 1.165) is 27.3 Å². The van der Waals surface area contributed by atoms with Crippen molar-refractivity contribution < 1.29 is 45.3 Å². The van der Waals surface area contributed by atoms with E-state index < -0.39 is 46.0 Å². The molecule has 55 heavy (non-hydrogen) atoms. The van der Waals surface area contributed by atoms with Crippen LogP contribution < -0.4 is 0 Å². The van der Waals surface area contributed by atoms with Crippen molar-refractivity contribution in [2.45, 2.75) is 0 Å². The zero-order valence-electron chi connectivity index (χ0n) is 28.5. The van der Waals surface area contributed by atoms with Crippen molar-refractivity contribution in [3.8, 4) is 79.4 Å². The van der Waals surface area contributed by atoms with Gasteiger partial charge < -0.3 is 45.3 Å². The third-order valence-corrected chi connectivity index (χ3v) is 10.7. The molecule has 0 radical (unpaired) electrons. The lowest BCUT2D eigenvalue weighted by Gasteiger charge is -2.22.